The Bertz CT molecular complexity index is 264. The fourth-order valence-corrected chi connectivity index (χ4v) is 1.36. The number of hydrogen-bond donors (Lipinski definition) is 0. The molecule has 0 aromatic carbocycles. The molecule has 0 aliphatic carbocycles. The SMILES string of the molecule is CCC(C)C[n+]1ccc(N(C)C)cc1. The van der Waals surface area contributed by atoms with E-state index in [9.17, 15) is 0 Å². The van der Waals surface area contributed by atoms with Crippen molar-refractivity contribution < 1.29 is 4.57 Å². The Morgan fingerprint density at radius 1 is 1.29 bits per heavy atom. The Labute approximate surface area is 87.2 Å². The fourth-order valence-electron chi connectivity index (χ4n) is 1.36. The molecule has 0 fully saturated rings. The van der Waals surface area contributed by atoms with Crippen LogP contribution in [0.1, 0.15) is 20.3 Å². The van der Waals surface area contributed by atoms with Gasteiger partial charge >= 0.3 is 0 Å². The molecule has 0 saturated carbocycles. The van der Waals surface area contributed by atoms with Gasteiger partial charge in [0.15, 0.2) is 18.9 Å². The third-order valence-corrected chi connectivity index (χ3v) is 2.61. The fraction of sp³-hybridized carbons (Fsp3) is 0.583. The average molecular weight is 193 g/mol. The summed E-state index contributed by atoms with van der Waals surface area (Å²) in [5.41, 5.74) is 1.26. The monoisotopic (exact) mass is 193 g/mol. The maximum atomic E-state index is 2.28. The second kappa shape index (κ2) is 4.99. The molecule has 1 heterocycles. The molecule has 2 heteroatoms. The van der Waals surface area contributed by atoms with Gasteiger partial charge in [-0.25, -0.2) is 4.57 Å². The minimum atomic E-state index is 0.755. The lowest BCUT2D eigenvalue weighted by Gasteiger charge is -2.11. The lowest BCUT2D eigenvalue weighted by Crippen LogP contribution is -2.36. The first-order valence-corrected chi connectivity index (χ1v) is 5.30. The van der Waals surface area contributed by atoms with E-state index in [1.54, 1.807) is 0 Å². The van der Waals surface area contributed by atoms with Crippen molar-refractivity contribution in [3.63, 3.8) is 0 Å². The highest BCUT2D eigenvalue weighted by Gasteiger charge is 2.06. The number of nitrogens with zero attached hydrogens (tertiary/aromatic N) is 2. The van der Waals surface area contributed by atoms with Crippen LogP contribution in [0, 0.1) is 5.92 Å². The maximum absolute atomic E-state index is 2.28. The Morgan fingerprint density at radius 2 is 1.86 bits per heavy atom. The predicted molar refractivity (Wildman–Crippen MR) is 60.4 cm³/mol. The van der Waals surface area contributed by atoms with E-state index < -0.39 is 0 Å². The highest BCUT2D eigenvalue weighted by molar-refractivity contribution is 5.41. The quantitative estimate of drug-likeness (QED) is 0.664. The minimum absolute atomic E-state index is 0.755. The van der Waals surface area contributed by atoms with E-state index in [-0.39, 0.29) is 0 Å². The lowest BCUT2D eigenvalue weighted by atomic mass is 10.1. The van der Waals surface area contributed by atoms with Gasteiger partial charge in [-0.3, -0.25) is 0 Å². The molecule has 0 aliphatic heterocycles. The summed E-state index contributed by atoms with van der Waals surface area (Å²) >= 11 is 0. The van der Waals surface area contributed by atoms with Crippen LogP contribution in [0.4, 0.5) is 5.69 Å². The first-order chi connectivity index (χ1) is 6.63. The van der Waals surface area contributed by atoms with E-state index in [0.717, 1.165) is 12.5 Å². The summed E-state index contributed by atoms with van der Waals surface area (Å²) in [5, 5.41) is 0. The summed E-state index contributed by atoms with van der Waals surface area (Å²) in [4.78, 5) is 2.12. The molecule has 14 heavy (non-hydrogen) atoms. The van der Waals surface area contributed by atoms with Crippen molar-refractivity contribution in [2.24, 2.45) is 5.92 Å². The van der Waals surface area contributed by atoms with E-state index >= 15 is 0 Å². The van der Waals surface area contributed by atoms with Crippen molar-refractivity contribution in [3.8, 4) is 0 Å². The summed E-state index contributed by atoms with van der Waals surface area (Å²) in [7, 11) is 4.13. The van der Waals surface area contributed by atoms with E-state index in [1.807, 2.05) is 0 Å². The van der Waals surface area contributed by atoms with Crippen molar-refractivity contribution in [2.45, 2.75) is 26.8 Å². The summed E-state index contributed by atoms with van der Waals surface area (Å²) in [6.07, 6.45) is 5.55. The van der Waals surface area contributed by atoms with Gasteiger partial charge in [-0.15, -0.1) is 0 Å². The first-order valence-electron chi connectivity index (χ1n) is 5.30. The molecule has 0 spiro atoms. The highest BCUT2D eigenvalue weighted by Crippen LogP contribution is 2.07. The minimum Gasteiger partial charge on any atom is -0.377 e. The van der Waals surface area contributed by atoms with Gasteiger partial charge in [-0.05, 0) is 6.42 Å². The normalized spacial score (nSPS) is 12.6. The zero-order valence-electron chi connectivity index (χ0n) is 9.70. The third kappa shape index (κ3) is 3.02. The van der Waals surface area contributed by atoms with Crippen molar-refractivity contribution in [2.75, 3.05) is 19.0 Å². The van der Waals surface area contributed by atoms with Gasteiger partial charge in [0.1, 0.15) is 0 Å². The van der Waals surface area contributed by atoms with Crippen LogP contribution >= 0.6 is 0 Å². The summed E-state index contributed by atoms with van der Waals surface area (Å²) in [6.45, 7) is 5.64. The smallest absolute Gasteiger partial charge is 0.170 e. The molecule has 2 nitrogen and oxygen atoms in total. The van der Waals surface area contributed by atoms with Gasteiger partial charge in [-0.2, -0.15) is 0 Å². The molecular formula is C12H21N2+. The Morgan fingerprint density at radius 3 is 2.29 bits per heavy atom. The molecule has 1 aromatic rings. The van der Waals surface area contributed by atoms with Gasteiger partial charge < -0.3 is 4.90 Å². The van der Waals surface area contributed by atoms with Gasteiger partial charge in [0.25, 0.3) is 0 Å². The molecule has 0 bridgehead atoms. The molecule has 0 aliphatic rings. The topological polar surface area (TPSA) is 7.12 Å². The molecule has 1 aromatic heterocycles. The van der Waals surface area contributed by atoms with E-state index in [4.69, 9.17) is 0 Å². The van der Waals surface area contributed by atoms with E-state index in [1.165, 1.54) is 12.1 Å². The van der Waals surface area contributed by atoms with E-state index in [0.29, 0.717) is 0 Å². The first kappa shape index (κ1) is 11.0. The van der Waals surface area contributed by atoms with Crippen molar-refractivity contribution in [1.82, 2.24) is 0 Å². The highest BCUT2D eigenvalue weighted by atomic mass is 15.1. The molecule has 1 unspecified atom stereocenters. The number of aromatic nitrogens is 1. The summed E-state index contributed by atoms with van der Waals surface area (Å²) < 4.78 is 2.25. The summed E-state index contributed by atoms with van der Waals surface area (Å²) in [5.74, 6) is 0.755. The van der Waals surface area contributed by atoms with Crippen LogP contribution in [0.2, 0.25) is 0 Å². The number of anilines is 1. The lowest BCUT2D eigenvalue weighted by molar-refractivity contribution is -0.702. The zero-order valence-corrected chi connectivity index (χ0v) is 9.70. The van der Waals surface area contributed by atoms with Gasteiger partial charge in [0, 0.05) is 37.8 Å². The Kier molecular flexibility index (Phi) is 3.93. The van der Waals surface area contributed by atoms with E-state index in [2.05, 4.69) is 61.9 Å². The second-order valence-corrected chi connectivity index (χ2v) is 4.16. The summed E-state index contributed by atoms with van der Waals surface area (Å²) in [6, 6.07) is 4.31. The van der Waals surface area contributed by atoms with Crippen molar-refractivity contribution in [1.29, 1.82) is 0 Å². The van der Waals surface area contributed by atoms with Crippen LogP contribution in [0.15, 0.2) is 24.5 Å². The molecule has 0 radical (unpaired) electrons. The molecule has 1 rings (SSSR count). The van der Waals surface area contributed by atoms with Gasteiger partial charge in [-0.1, -0.05) is 13.8 Å². The van der Waals surface area contributed by atoms with Gasteiger partial charge in [0.2, 0.25) is 0 Å². The van der Waals surface area contributed by atoms with Crippen LogP contribution in [0.25, 0.3) is 0 Å². The zero-order chi connectivity index (χ0) is 10.6. The molecule has 0 N–H and O–H groups in total. The van der Waals surface area contributed by atoms with Crippen molar-refractivity contribution >= 4 is 5.69 Å². The molecule has 0 saturated heterocycles. The van der Waals surface area contributed by atoms with Crippen molar-refractivity contribution in [3.05, 3.63) is 24.5 Å². The maximum Gasteiger partial charge on any atom is 0.170 e. The van der Waals surface area contributed by atoms with Crippen LogP contribution in [0.3, 0.4) is 0 Å². The standard InChI is InChI=1S/C12H21N2/c1-5-11(2)10-14-8-6-12(7-9-14)13(3)4/h6-9,11H,5,10H2,1-4H3/q+1. The Hall–Kier alpha value is -1.05. The predicted octanol–water partition coefficient (Wildman–Crippen LogP) is 2.09. The second-order valence-electron chi connectivity index (χ2n) is 4.16. The molecule has 78 valence electrons. The third-order valence-electron chi connectivity index (χ3n) is 2.61. The van der Waals surface area contributed by atoms with Gasteiger partial charge in [0.05, 0.1) is 0 Å². The Balaban J connectivity index is 2.64. The largest absolute Gasteiger partial charge is 0.377 e. The van der Waals surface area contributed by atoms with Crippen LogP contribution in [-0.2, 0) is 6.54 Å². The number of pyridine rings is 1. The van der Waals surface area contributed by atoms with Crippen LogP contribution in [-0.4, -0.2) is 14.1 Å². The number of rotatable bonds is 4. The number of hydrogen-bond acceptors (Lipinski definition) is 1. The molecule has 0 amide bonds. The molecule has 1 atom stereocenters. The van der Waals surface area contributed by atoms with Crippen LogP contribution in [0.5, 0.6) is 0 Å². The van der Waals surface area contributed by atoms with Crippen LogP contribution < -0.4 is 9.47 Å². The molecular weight excluding hydrogens is 172 g/mol. The average Bonchev–Trinajstić information content (AvgIpc) is 2.18.